The van der Waals surface area contributed by atoms with Crippen molar-refractivity contribution in [3.63, 3.8) is 0 Å². The Morgan fingerprint density at radius 2 is 1.75 bits per heavy atom. The number of benzene rings is 2. The summed E-state index contributed by atoms with van der Waals surface area (Å²) in [5, 5.41) is 3.51. The number of rotatable bonds is 6. The molecule has 0 fully saturated rings. The molecule has 0 aliphatic heterocycles. The Labute approximate surface area is 121 Å². The number of hydrogen-bond donors (Lipinski definition) is 1. The largest absolute Gasteiger partial charge is 0.380 e. The van der Waals surface area contributed by atoms with Gasteiger partial charge in [-0.3, -0.25) is 0 Å². The molecule has 2 aromatic rings. The summed E-state index contributed by atoms with van der Waals surface area (Å²) in [7, 11) is 1.73. The van der Waals surface area contributed by atoms with Crippen LogP contribution in [0.4, 0.5) is 0 Å². The molecule has 0 aromatic heterocycles. The zero-order valence-electron chi connectivity index (χ0n) is 12.6. The predicted molar refractivity (Wildman–Crippen MR) is 83.6 cm³/mol. The van der Waals surface area contributed by atoms with Crippen molar-refractivity contribution in [2.75, 3.05) is 7.11 Å². The van der Waals surface area contributed by atoms with E-state index in [-0.39, 0.29) is 0 Å². The van der Waals surface area contributed by atoms with Gasteiger partial charge < -0.3 is 10.1 Å². The van der Waals surface area contributed by atoms with Crippen molar-refractivity contribution in [3.8, 4) is 0 Å². The normalized spacial score (nSPS) is 10.8. The topological polar surface area (TPSA) is 21.3 Å². The molecule has 2 heteroatoms. The number of hydrogen-bond acceptors (Lipinski definition) is 2. The fourth-order valence-corrected chi connectivity index (χ4v) is 2.38. The molecule has 0 aliphatic rings. The summed E-state index contributed by atoms with van der Waals surface area (Å²) in [6, 6.07) is 15.1. The molecule has 2 rings (SSSR count). The van der Waals surface area contributed by atoms with Gasteiger partial charge in [0.05, 0.1) is 6.61 Å². The van der Waals surface area contributed by atoms with Crippen molar-refractivity contribution in [3.05, 3.63) is 70.3 Å². The van der Waals surface area contributed by atoms with Crippen LogP contribution in [0.1, 0.15) is 27.8 Å². The first-order valence-corrected chi connectivity index (χ1v) is 7.02. The zero-order valence-corrected chi connectivity index (χ0v) is 12.6. The smallest absolute Gasteiger partial charge is 0.0713 e. The Morgan fingerprint density at radius 3 is 2.50 bits per heavy atom. The Balaban J connectivity index is 1.90. The summed E-state index contributed by atoms with van der Waals surface area (Å²) in [5.41, 5.74) is 6.55. The van der Waals surface area contributed by atoms with Crippen LogP contribution < -0.4 is 5.32 Å². The van der Waals surface area contributed by atoms with Gasteiger partial charge in [-0.2, -0.15) is 0 Å². The molecule has 20 heavy (non-hydrogen) atoms. The third-order valence-electron chi connectivity index (χ3n) is 3.45. The third kappa shape index (κ3) is 4.19. The standard InChI is InChI=1S/C18H23NO/c1-14-7-8-18(15(2)9-14)12-19-11-16-5-4-6-17(10-16)13-20-3/h4-10,19H,11-13H2,1-3H3. The summed E-state index contributed by atoms with van der Waals surface area (Å²) < 4.78 is 5.16. The lowest BCUT2D eigenvalue weighted by molar-refractivity contribution is 0.185. The maximum absolute atomic E-state index is 5.16. The highest BCUT2D eigenvalue weighted by Gasteiger charge is 1.99. The van der Waals surface area contributed by atoms with Crippen molar-refractivity contribution < 1.29 is 4.74 Å². The maximum atomic E-state index is 5.16. The summed E-state index contributed by atoms with van der Waals surface area (Å²) in [6.07, 6.45) is 0. The maximum Gasteiger partial charge on any atom is 0.0713 e. The Kier molecular flexibility index (Phi) is 5.33. The minimum Gasteiger partial charge on any atom is -0.380 e. The van der Waals surface area contributed by atoms with Crippen molar-refractivity contribution in [1.29, 1.82) is 0 Å². The Morgan fingerprint density at radius 1 is 0.950 bits per heavy atom. The van der Waals surface area contributed by atoms with E-state index in [4.69, 9.17) is 4.74 Å². The summed E-state index contributed by atoms with van der Waals surface area (Å²) >= 11 is 0. The molecule has 0 heterocycles. The molecule has 0 unspecified atom stereocenters. The van der Waals surface area contributed by atoms with E-state index in [2.05, 4.69) is 61.6 Å². The molecule has 0 aliphatic carbocycles. The molecule has 0 amide bonds. The van der Waals surface area contributed by atoms with Gasteiger partial charge in [-0.25, -0.2) is 0 Å². The van der Waals surface area contributed by atoms with Crippen LogP contribution in [-0.2, 0) is 24.4 Å². The second-order valence-electron chi connectivity index (χ2n) is 5.29. The minimum absolute atomic E-state index is 0.672. The lowest BCUT2D eigenvalue weighted by Crippen LogP contribution is -2.13. The fraction of sp³-hybridized carbons (Fsp3) is 0.333. The van der Waals surface area contributed by atoms with E-state index in [1.165, 1.54) is 27.8 Å². The average Bonchev–Trinajstić information content (AvgIpc) is 2.42. The van der Waals surface area contributed by atoms with Crippen LogP contribution in [0.3, 0.4) is 0 Å². The van der Waals surface area contributed by atoms with E-state index in [1.54, 1.807) is 7.11 Å². The van der Waals surface area contributed by atoms with Gasteiger partial charge in [0.2, 0.25) is 0 Å². The van der Waals surface area contributed by atoms with Crippen molar-refractivity contribution in [1.82, 2.24) is 5.32 Å². The van der Waals surface area contributed by atoms with Crippen molar-refractivity contribution >= 4 is 0 Å². The first-order valence-electron chi connectivity index (χ1n) is 7.02. The lowest BCUT2D eigenvalue weighted by Gasteiger charge is -2.09. The summed E-state index contributed by atoms with van der Waals surface area (Å²) in [5.74, 6) is 0. The number of ether oxygens (including phenoxy) is 1. The highest BCUT2D eigenvalue weighted by molar-refractivity contribution is 5.30. The van der Waals surface area contributed by atoms with Crippen molar-refractivity contribution in [2.45, 2.75) is 33.5 Å². The van der Waals surface area contributed by atoms with Gasteiger partial charge in [-0.1, -0.05) is 48.0 Å². The Hall–Kier alpha value is -1.64. The number of aryl methyl sites for hydroxylation is 2. The van der Waals surface area contributed by atoms with E-state index in [9.17, 15) is 0 Å². The molecule has 0 bridgehead atoms. The third-order valence-corrected chi connectivity index (χ3v) is 3.45. The highest BCUT2D eigenvalue weighted by Crippen LogP contribution is 2.11. The second kappa shape index (κ2) is 7.22. The van der Waals surface area contributed by atoms with Crippen LogP contribution >= 0.6 is 0 Å². The van der Waals surface area contributed by atoms with Gasteiger partial charge >= 0.3 is 0 Å². The van der Waals surface area contributed by atoms with E-state index < -0.39 is 0 Å². The van der Waals surface area contributed by atoms with Gasteiger partial charge in [-0.15, -0.1) is 0 Å². The number of methoxy groups -OCH3 is 1. The van der Waals surface area contributed by atoms with Gasteiger partial charge in [0, 0.05) is 20.2 Å². The SMILES string of the molecule is COCc1cccc(CNCc2ccc(C)cc2C)c1. The average molecular weight is 269 g/mol. The van der Waals surface area contributed by atoms with Gasteiger partial charge in [0.15, 0.2) is 0 Å². The van der Waals surface area contributed by atoms with E-state index in [0.717, 1.165) is 13.1 Å². The van der Waals surface area contributed by atoms with Gasteiger partial charge in [0.25, 0.3) is 0 Å². The van der Waals surface area contributed by atoms with Crippen molar-refractivity contribution in [2.24, 2.45) is 0 Å². The van der Waals surface area contributed by atoms with Crippen LogP contribution in [-0.4, -0.2) is 7.11 Å². The zero-order chi connectivity index (χ0) is 14.4. The molecule has 106 valence electrons. The first kappa shape index (κ1) is 14.8. The molecule has 1 N–H and O–H groups in total. The molecule has 2 aromatic carbocycles. The first-order chi connectivity index (χ1) is 9.69. The molecule has 0 saturated heterocycles. The van der Waals surface area contributed by atoms with Crippen LogP contribution in [0, 0.1) is 13.8 Å². The van der Waals surface area contributed by atoms with E-state index >= 15 is 0 Å². The molecule has 0 atom stereocenters. The summed E-state index contributed by atoms with van der Waals surface area (Å²) in [4.78, 5) is 0. The fourth-order valence-electron chi connectivity index (χ4n) is 2.38. The quantitative estimate of drug-likeness (QED) is 0.862. The molecule has 0 spiro atoms. The van der Waals surface area contributed by atoms with Crippen LogP contribution in [0.2, 0.25) is 0 Å². The van der Waals surface area contributed by atoms with Crippen LogP contribution in [0.5, 0.6) is 0 Å². The van der Waals surface area contributed by atoms with E-state index in [1.807, 2.05) is 0 Å². The summed E-state index contributed by atoms with van der Waals surface area (Å²) in [6.45, 7) is 6.76. The van der Waals surface area contributed by atoms with Crippen LogP contribution in [0.15, 0.2) is 42.5 Å². The molecule has 0 saturated carbocycles. The monoisotopic (exact) mass is 269 g/mol. The highest BCUT2D eigenvalue weighted by atomic mass is 16.5. The minimum atomic E-state index is 0.672. The molecule has 2 nitrogen and oxygen atoms in total. The molecular formula is C18H23NO. The lowest BCUT2D eigenvalue weighted by atomic mass is 10.1. The van der Waals surface area contributed by atoms with E-state index in [0.29, 0.717) is 6.61 Å². The molecule has 0 radical (unpaired) electrons. The second-order valence-corrected chi connectivity index (χ2v) is 5.29. The van der Waals surface area contributed by atoms with Gasteiger partial charge in [0.1, 0.15) is 0 Å². The predicted octanol–water partition coefficient (Wildman–Crippen LogP) is 3.74. The number of nitrogens with one attached hydrogen (secondary N) is 1. The molecular weight excluding hydrogens is 246 g/mol. The Bertz CT molecular complexity index is 563. The van der Waals surface area contributed by atoms with Gasteiger partial charge in [-0.05, 0) is 36.1 Å². The van der Waals surface area contributed by atoms with Crippen LogP contribution in [0.25, 0.3) is 0 Å².